The van der Waals surface area contributed by atoms with Crippen molar-refractivity contribution in [2.24, 2.45) is 0 Å². The number of hydrogen-bond acceptors (Lipinski definition) is 5. The van der Waals surface area contributed by atoms with E-state index in [1.165, 1.54) is 148 Å². The first-order chi connectivity index (χ1) is 30.5. The van der Waals surface area contributed by atoms with Gasteiger partial charge in [0.25, 0.3) is 0 Å². The number of thiophene rings is 3. The molecule has 294 valence electrons. The lowest BCUT2D eigenvalue weighted by atomic mass is 9.37. The van der Waals surface area contributed by atoms with Gasteiger partial charge in [-0.1, -0.05) is 134 Å². The minimum Gasteiger partial charge on any atom is -0.334 e. The maximum Gasteiger partial charge on any atom is 0.248 e. The summed E-state index contributed by atoms with van der Waals surface area (Å²) in [4.78, 5) is 5.55. The van der Waals surface area contributed by atoms with Crippen LogP contribution < -0.4 is 26.2 Å². The third-order valence-corrected chi connectivity index (χ3v) is 19.4. The summed E-state index contributed by atoms with van der Waals surface area (Å²) in [6, 6.07) is 58.6. The number of benzene rings is 8. The summed E-state index contributed by atoms with van der Waals surface area (Å²) in [5, 5.41) is 8.07. The van der Waals surface area contributed by atoms with E-state index in [0.717, 1.165) is 0 Å². The molecule has 62 heavy (non-hydrogen) atoms. The van der Waals surface area contributed by atoms with E-state index in [-0.39, 0.29) is 17.7 Å². The molecule has 0 N–H and O–H groups in total. The van der Waals surface area contributed by atoms with Crippen LogP contribution in [0.5, 0.6) is 0 Å². The normalized spacial score (nSPS) is 19.9. The summed E-state index contributed by atoms with van der Waals surface area (Å²) in [6.07, 6.45) is 4.90. The van der Waals surface area contributed by atoms with Crippen molar-refractivity contribution in [3.05, 3.63) is 157 Å². The predicted octanol–water partition coefficient (Wildman–Crippen LogP) is 14.8. The summed E-state index contributed by atoms with van der Waals surface area (Å²) in [6.45, 7) is 5.26. The van der Waals surface area contributed by atoms with E-state index in [4.69, 9.17) is 0 Å². The maximum atomic E-state index is 2.81. The van der Waals surface area contributed by atoms with Gasteiger partial charge in [-0.2, -0.15) is 0 Å². The van der Waals surface area contributed by atoms with Crippen LogP contribution in [0.15, 0.2) is 152 Å². The summed E-state index contributed by atoms with van der Waals surface area (Å²) in [5.74, 6) is 0. The molecule has 6 heteroatoms. The lowest BCUT2D eigenvalue weighted by Gasteiger charge is -2.50. The highest BCUT2D eigenvalue weighted by atomic mass is 32.1. The summed E-state index contributed by atoms with van der Waals surface area (Å²) >= 11 is 5.88. The van der Waals surface area contributed by atoms with Crippen molar-refractivity contribution in [3.63, 3.8) is 0 Å². The minimum atomic E-state index is -0.0675. The summed E-state index contributed by atoms with van der Waals surface area (Å²) in [5.41, 5.74) is 15.2. The van der Waals surface area contributed by atoms with Crippen LogP contribution in [0.4, 0.5) is 28.4 Å². The maximum absolute atomic E-state index is 2.81. The molecule has 1 fully saturated rings. The average Bonchev–Trinajstić information content (AvgIpc) is 4.10. The second-order valence-electron chi connectivity index (χ2n) is 18.6. The van der Waals surface area contributed by atoms with Crippen LogP contribution in [0.1, 0.15) is 45.1 Å². The second kappa shape index (κ2) is 12.0. The average molecular weight is 847 g/mol. The van der Waals surface area contributed by atoms with Crippen molar-refractivity contribution in [2.45, 2.75) is 50.5 Å². The van der Waals surface area contributed by atoms with Crippen LogP contribution in [0.3, 0.4) is 0 Å². The van der Waals surface area contributed by atoms with Gasteiger partial charge in [0.15, 0.2) is 0 Å². The number of hydrogen-bond donors (Lipinski definition) is 0. The van der Waals surface area contributed by atoms with Gasteiger partial charge in [-0.3, -0.25) is 0 Å². The van der Waals surface area contributed by atoms with Gasteiger partial charge in [0.2, 0.25) is 6.71 Å². The third-order valence-electron chi connectivity index (χ3n) is 15.8. The second-order valence-corrected chi connectivity index (χ2v) is 21.8. The summed E-state index contributed by atoms with van der Waals surface area (Å²) in [7, 11) is 0. The number of nitrogens with zero attached hydrogens (tertiary/aromatic N) is 2. The highest BCUT2D eigenvalue weighted by Gasteiger charge is 2.58. The number of anilines is 5. The Morgan fingerprint density at radius 2 is 1.08 bits per heavy atom. The molecule has 0 radical (unpaired) electrons. The van der Waals surface area contributed by atoms with Crippen molar-refractivity contribution in [3.8, 4) is 11.1 Å². The van der Waals surface area contributed by atoms with Crippen molar-refractivity contribution in [1.29, 1.82) is 0 Å². The fraction of sp³-hybridized carbons (Fsp3) is 0.143. The molecule has 8 aromatic carbocycles. The van der Waals surface area contributed by atoms with Gasteiger partial charge in [0.05, 0.1) is 26.3 Å². The molecule has 2 nitrogen and oxygen atoms in total. The zero-order chi connectivity index (χ0) is 40.6. The lowest BCUT2D eigenvalue weighted by Crippen LogP contribution is -2.55. The Hall–Kier alpha value is -5.92. The molecule has 0 spiro atoms. The molecule has 0 saturated heterocycles. The quantitative estimate of drug-likeness (QED) is 0.160. The van der Waals surface area contributed by atoms with Gasteiger partial charge in [-0.05, 0) is 89.8 Å². The van der Waals surface area contributed by atoms with E-state index in [2.05, 4.69) is 175 Å². The van der Waals surface area contributed by atoms with Crippen LogP contribution in [-0.2, 0) is 5.41 Å². The molecule has 2 atom stereocenters. The predicted molar refractivity (Wildman–Crippen MR) is 273 cm³/mol. The molecule has 2 unspecified atom stereocenters. The highest BCUT2D eigenvalue weighted by Crippen LogP contribution is 2.62. The standard InChI is InChI=1S/C56H39BN2S3/c1-55-28-11-12-29-56(55,2)59(43-19-7-6-18-40(43)55)32-30-39-49-41(26-24-37-34-15-4-9-22-47(34)61-53(37)49)57-42-27-25-38-35-16-5-10-23-48(35)62-54(38)51(42)58(45(31-32)50(39)57)44-20-13-17-36-33-14-3-8-21-46(33)60-52(36)44/h3-10,13-27,30-31H,11-12,28-29H2,1-2H3. The molecule has 1 saturated carbocycles. The van der Waals surface area contributed by atoms with E-state index in [1.807, 2.05) is 34.0 Å². The van der Waals surface area contributed by atoms with Crippen molar-refractivity contribution in [1.82, 2.24) is 0 Å². The van der Waals surface area contributed by atoms with Crippen molar-refractivity contribution in [2.75, 3.05) is 9.80 Å². The van der Waals surface area contributed by atoms with E-state index in [9.17, 15) is 0 Å². The summed E-state index contributed by atoms with van der Waals surface area (Å²) < 4.78 is 8.16. The fourth-order valence-electron chi connectivity index (χ4n) is 12.9. The molecule has 1 aliphatic carbocycles. The number of rotatable bonds is 2. The fourth-order valence-corrected chi connectivity index (χ4v) is 16.6. The van der Waals surface area contributed by atoms with E-state index in [0.29, 0.717) is 0 Å². The monoisotopic (exact) mass is 846 g/mol. The Labute approximate surface area is 372 Å². The van der Waals surface area contributed by atoms with Crippen LogP contribution in [-0.4, -0.2) is 12.3 Å². The lowest BCUT2D eigenvalue weighted by molar-refractivity contribution is 0.195. The van der Waals surface area contributed by atoms with Crippen LogP contribution in [0, 0.1) is 0 Å². The molecule has 15 rings (SSSR count). The first-order valence-corrected chi connectivity index (χ1v) is 24.6. The molecule has 4 aliphatic rings. The molecule has 3 aromatic heterocycles. The SMILES string of the molecule is CC12CCCCC1(C)N(c1cc3c4c(c1)N(c1cccc5c1sc1ccccc15)c1c(ccc5c1sc1ccccc15)B4c1ccc4c(sc5ccccc54)c1-3)c1ccccc12. The van der Waals surface area contributed by atoms with E-state index < -0.39 is 0 Å². The topological polar surface area (TPSA) is 6.48 Å². The Balaban J connectivity index is 1.12. The van der Waals surface area contributed by atoms with Gasteiger partial charge in [0.1, 0.15) is 0 Å². The van der Waals surface area contributed by atoms with Gasteiger partial charge < -0.3 is 9.80 Å². The highest BCUT2D eigenvalue weighted by molar-refractivity contribution is 7.28. The zero-order valence-electron chi connectivity index (χ0n) is 34.5. The number of fused-ring (bicyclic) bond motifs is 19. The largest absolute Gasteiger partial charge is 0.334 e. The number of para-hydroxylation sites is 1. The smallest absolute Gasteiger partial charge is 0.248 e. The molecule has 0 bridgehead atoms. The Kier molecular flexibility index (Phi) is 6.68. The van der Waals surface area contributed by atoms with Gasteiger partial charge in [-0.25, -0.2) is 0 Å². The molecular formula is C56H39BN2S3. The third kappa shape index (κ3) is 4.13. The molecule has 11 aromatic rings. The van der Waals surface area contributed by atoms with E-state index >= 15 is 0 Å². The molecule has 0 amide bonds. The molecular weight excluding hydrogens is 808 g/mol. The Morgan fingerprint density at radius 1 is 0.500 bits per heavy atom. The van der Waals surface area contributed by atoms with Crippen LogP contribution >= 0.6 is 34.0 Å². The van der Waals surface area contributed by atoms with Gasteiger partial charge in [0, 0.05) is 73.6 Å². The van der Waals surface area contributed by atoms with Gasteiger partial charge >= 0.3 is 0 Å². The first-order valence-electron chi connectivity index (χ1n) is 22.2. The van der Waals surface area contributed by atoms with Crippen molar-refractivity contribution >= 4 is 146 Å². The zero-order valence-corrected chi connectivity index (χ0v) is 36.9. The molecule has 3 aliphatic heterocycles. The van der Waals surface area contributed by atoms with E-state index in [1.54, 1.807) is 0 Å². The molecule has 6 heterocycles. The van der Waals surface area contributed by atoms with Crippen molar-refractivity contribution < 1.29 is 0 Å². The Morgan fingerprint density at radius 3 is 1.84 bits per heavy atom. The minimum absolute atomic E-state index is 0.0511. The van der Waals surface area contributed by atoms with Gasteiger partial charge in [-0.15, -0.1) is 34.0 Å². The first kappa shape index (κ1) is 34.6. The van der Waals surface area contributed by atoms with Crippen LogP contribution in [0.25, 0.3) is 71.6 Å². The Bertz CT molecular complexity index is 3800. The van der Waals surface area contributed by atoms with Crippen LogP contribution in [0.2, 0.25) is 0 Å².